The maximum atomic E-state index is 12.3. The quantitative estimate of drug-likeness (QED) is 0.715. The number of H-pyrrole nitrogens is 1. The number of rotatable bonds is 4. The summed E-state index contributed by atoms with van der Waals surface area (Å²) >= 11 is 12.1. The number of benzene rings is 1. The molecule has 1 saturated carbocycles. The summed E-state index contributed by atoms with van der Waals surface area (Å²) in [6, 6.07) is 5.63. The van der Waals surface area contributed by atoms with E-state index in [1.54, 1.807) is 18.3 Å². The first-order valence-electron chi connectivity index (χ1n) is 8.27. The van der Waals surface area contributed by atoms with Crippen molar-refractivity contribution in [1.82, 2.24) is 19.7 Å². The van der Waals surface area contributed by atoms with Crippen LogP contribution >= 0.6 is 23.2 Å². The lowest BCUT2D eigenvalue weighted by Gasteiger charge is -2.11. The molecule has 0 bridgehead atoms. The molecule has 130 valence electrons. The fourth-order valence-corrected chi connectivity index (χ4v) is 3.76. The van der Waals surface area contributed by atoms with Gasteiger partial charge in [-0.3, -0.25) is 9.78 Å². The van der Waals surface area contributed by atoms with E-state index in [1.165, 1.54) is 12.8 Å². The zero-order valence-corrected chi connectivity index (χ0v) is 14.9. The normalized spacial score (nSPS) is 15.1. The molecule has 0 unspecified atom stereocenters. The second kappa shape index (κ2) is 6.69. The average molecular weight is 378 g/mol. The molecule has 1 aliphatic carbocycles. The third-order valence-corrected chi connectivity index (χ3v) is 5.18. The van der Waals surface area contributed by atoms with Crippen LogP contribution in [0.15, 0.2) is 29.2 Å². The Labute approximate surface area is 154 Å². The highest BCUT2D eigenvalue weighted by molar-refractivity contribution is 6.35. The molecule has 2 aromatic heterocycles. The number of hydrogen-bond donors (Lipinski definition) is 2. The minimum atomic E-state index is -0.195. The summed E-state index contributed by atoms with van der Waals surface area (Å²) in [4.78, 5) is 19.6. The molecule has 6 nitrogen and oxygen atoms in total. The molecule has 0 radical (unpaired) electrons. The fourth-order valence-electron chi connectivity index (χ4n) is 3.28. The molecular weight excluding hydrogens is 361 g/mol. The molecule has 0 amide bonds. The molecule has 1 fully saturated rings. The van der Waals surface area contributed by atoms with Crippen molar-refractivity contribution in [3.8, 4) is 0 Å². The summed E-state index contributed by atoms with van der Waals surface area (Å²) in [7, 11) is 0. The summed E-state index contributed by atoms with van der Waals surface area (Å²) in [5.74, 6) is 0.406. The van der Waals surface area contributed by atoms with Gasteiger partial charge in [0.1, 0.15) is 5.39 Å². The summed E-state index contributed by atoms with van der Waals surface area (Å²) in [6.45, 7) is 0.433. The van der Waals surface area contributed by atoms with Crippen molar-refractivity contribution in [2.24, 2.45) is 0 Å². The van der Waals surface area contributed by atoms with Crippen LogP contribution < -0.4 is 10.9 Å². The van der Waals surface area contributed by atoms with Gasteiger partial charge in [0.15, 0.2) is 5.65 Å². The van der Waals surface area contributed by atoms with Gasteiger partial charge in [0, 0.05) is 16.6 Å². The molecule has 0 aliphatic heterocycles. The molecule has 0 atom stereocenters. The number of anilines is 1. The van der Waals surface area contributed by atoms with Crippen molar-refractivity contribution in [2.45, 2.75) is 38.3 Å². The molecule has 1 aromatic carbocycles. The van der Waals surface area contributed by atoms with E-state index >= 15 is 0 Å². The highest BCUT2D eigenvalue weighted by Gasteiger charge is 2.21. The summed E-state index contributed by atoms with van der Waals surface area (Å²) in [5, 5.41) is 9.19. The molecule has 8 heteroatoms. The van der Waals surface area contributed by atoms with Gasteiger partial charge in [-0.15, -0.1) is 0 Å². The third kappa shape index (κ3) is 3.24. The zero-order chi connectivity index (χ0) is 17.4. The smallest absolute Gasteiger partial charge is 0.263 e. The molecule has 25 heavy (non-hydrogen) atoms. The molecule has 0 spiro atoms. The van der Waals surface area contributed by atoms with E-state index < -0.39 is 0 Å². The van der Waals surface area contributed by atoms with Crippen LogP contribution in [0.25, 0.3) is 11.0 Å². The molecule has 3 aromatic rings. The number of nitrogens with one attached hydrogen (secondary N) is 2. The Kier molecular flexibility index (Phi) is 4.39. The predicted octanol–water partition coefficient (Wildman–Crippen LogP) is 4.15. The Morgan fingerprint density at radius 3 is 2.84 bits per heavy atom. The van der Waals surface area contributed by atoms with E-state index in [2.05, 4.69) is 20.4 Å². The van der Waals surface area contributed by atoms with Crippen molar-refractivity contribution in [2.75, 3.05) is 5.32 Å². The van der Waals surface area contributed by atoms with Crippen molar-refractivity contribution >= 4 is 40.2 Å². The first-order chi connectivity index (χ1) is 12.1. The number of halogens is 2. The number of nitrogens with zero attached hydrogens (tertiary/aromatic N) is 3. The van der Waals surface area contributed by atoms with Gasteiger partial charge in [0.2, 0.25) is 5.95 Å². The van der Waals surface area contributed by atoms with E-state index in [9.17, 15) is 4.79 Å². The van der Waals surface area contributed by atoms with Gasteiger partial charge >= 0.3 is 0 Å². The maximum absolute atomic E-state index is 12.3. The molecule has 0 saturated heterocycles. The predicted molar refractivity (Wildman–Crippen MR) is 99.4 cm³/mol. The second-order valence-corrected chi connectivity index (χ2v) is 7.11. The third-order valence-electron chi connectivity index (χ3n) is 4.60. The zero-order valence-electron chi connectivity index (χ0n) is 13.4. The summed E-state index contributed by atoms with van der Waals surface area (Å²) < 4.78 is 1.89. The van der Waals surface area contributed by atoms with Crippen LogP contribution in [0.1, 0.15) is 37.3 Å². The topological polar surface area (TPSA) is 75.6 Å². The Balaban J connectivity index is 1.63. The van der Waals surface area contributed by atoms with E-state index in [4.69, 9.17) is 23.2 Å². The highest BCUT2D eigenvalue weighted by Crippen LogP contribution is 2.30. The van der Waals surface area contributed by atoms with Crippen LogP contribution in [0.2, 0.25) is 10.0 Å². The van der Waals surface area contributed by atoms with Gasteiger partial charge in [-0.1, -0.05) is 42.1 Å². The number of hydrogen-bond acceptors (Lipinski definition) is 4. The standard InChI is InChI=1S/C17H17Cl2N5O/c18-11-6-5-10(14(19)7-11)8-20-17-22-15-13(16(25)23-17)9-21-24(15)12-3-1-2-4-12/h5-7,9,12H,1-4,8H2,(H2,20,22,23,25). The average Bonchev–Trinajstić information content (AvgIpc) is 3.23. The lowest BCUT2D eigenvalue weighted by atomic mass is 10.2. The Morgan fingerprint density at radius 1 is 1.28 bits per heavy atom. The van der Waals surface area contributed by atoms with Crippen LogP contribution in [0, 0.1) is 0 Å². The summed E-state index contributed by atoms with van der Waals surface area (Å²) in [6.07, 6.45) is 6.13. The van der Waals surface area contributed by atoms with Crippen molar-refractivity contribution in [3.63, 3.8) is 0 Å². The molecule has 4 rings (SSSR count). The van der Waals surface area contributed by atoms with Crippen LogP contribution in [-0.4, -0.2) is 19.7 Å². The maximum Gasteiger partial charge on any atom is 0.263 e. The largest absolute Gasteiger partial charge is 0.352 e. The highest BCUT2D eigenvalue weighted by atomic mass is 35.5. The number of aromatic nitrogens is 4. The van der Waals surface area contributed by atoms with Gasteiger partial charge in [-0.05, 0) is 30.5 Å². The van der Waals surface area contributed by atoms with Gasteiger partial charge in [-0.25, -0.2) is 4.68 Å². The van der Waals surface area contributed by atoms with Gasteiger partial charge in [0.25, 0.3) is 5.56 Å². The van der Waals surface area contributed by atoms with E-state index in [-0.39, 0.29) is 5.56 Å². The Bertz CT molecular complexity index is 975. The lowest BCUT2D eigenvalue weighted by molar-refractivity contribution is 0.478. The first-order valence-corrected chi connectivity index (χ1v) is 9.03. The van der Waals surface area contributed by atoms with Crippen molar-refractivity contribution in [3.05, 3.63) is 50.4 Å². The lowest BCUT2D eigenvalue weighted by Crippen LogP contribution is -2.15. The second-order valence-electron chi connectivity index (χ2n) is 6.27. The Hall–Kier alpha value is -2.05. The molecule has 2 N–H and O–H groups in total. The van der Waals surface area contributed by atoms with Crippen LogP contribution in [0.4, 0.5) is 5.95 Å². The van der Waals surface area contributed by atoms with Crippen LogP contribution in [-0.2, 0) is 6.54 Å². The minimum Gasteiger partial charge on any atom is -0.352 e. The summed E-state index contributed by atoms with van der Waals surface area (Å²) in [5.41, 5.74) is 1.30. The fraction of sp³-hybridized carbons (Fsp3) is 0.353. The monoisotopic (exact) mass is 377 g/mol. The van der Waals surface area contributed by atoms with Gasteiger partial charge < -0.3 is 5.32 Å². The van der Waals surface area contributed by atoms with Gasteiger partial charge in [-0.2, -0.15) is 10.1 Å². The molecule has 1 aliphatic rings. The van der Waals surface area contributed by atoms with E-state index in [0.717, 1.165) is 18.4 Å². The van der Waals surface area contributed by atoms with Crippen LogP contribution in [0.3, 0.4) is 0 Å². The number of aromatic amines is 1. The van der Waals surface area contributed by atoms with Gasteiger partial charge in [0.05, 0.1) is 12.2 Å². The SMILES string of the molecule is O=c1[nH]c(NCc2ccc(Cl)cc2Cl)nc2c1cnn2C1CCCC1. The van der Waals surface area contributed by atoms with Crippen molar-refractivity contribution in [1.29, 1.82) is 0 Å². The number of fused-ring (bicyclic) bond motifs is 1. The van der Waals surface area contributed by atoms with Crippen LogP contribution in [0.5, 0.6) is 0 Å². The minimum absolute atomic E-state index is 0.195. The first kappa shape index (κ1) is 16.4. The molecule has 2 heterocycles. The molecular formula is C17H17Cl2N5O. The Morgan fingerprint density at radius 2 is 2.08 bits per heavy atom. The van der Waals surface area contributed by atoms with E-state index in [1.807, 2.05) is 10.7 Å². The van der Waals surface area contributed by atoms with Crippen molar-refractivity contribution < 1.29 is 0 Å². The van der Waals surface area contributed by atoms with E-state index in [0.29, 0.717) is 39.6 Å².